The zero-order valence-electron chi connectivity index (χ0n) is 14.2. The Morgan fingerprint density at radius 2 is 1.70 bits per heavy atom. The van der Waals surface area contributed by atoms with Crippen LogP contribution in [-0.2, 0) is 16.2 Å². The van der Waals surface area contributed by atoms with E-state index in [1.54, 1.807) is 6.20 Å². The van der Waals surface area contributed by atoms with E-state index in [0.717, 1.165) is 24.3 Å². The minimum Gasteiger partial charge on any atom is -0.473 e. The third-order valence-corrected chi connectivity index (χ3v) is 5.85. The molecule has 1 aliphatic carbocycles. The minimum absolute atomic E-state index is 0.0754. The number of ether oxygens (including phenoxy) is 1. The van der Waals surface area contributed by atoms with E-state index in [-0.39, 0.29) is 17.0 Å². The molecule has 0 saturated heterocycles. The monoisotopic (exact) mass is 401 g/mol. The summed E-state index contributed by atoms with van der Waals surface area (Å²) >= 11 is 0. The number of benzene rings is 1. The van der Waals surface area contributed by atoms with Crippen LogP contribution in [0.15, 0.2) is 47.8 Å². The minimum atomic E-state index is -4.50. The molecule has 0 radical (unpaired) electrons. The lowest BCUT2D eigenvalue weighted by Gasteiger charge is -2.28. The van der Waals surface area contributed by atoms with E-state index < -0.39 is 21.8 Å². The number of hydrogen-bond acceptors (Lipinski definition) is 5. The van der Waals surface area contributed by atoms with Crippen molar-refractivity contribution in [1.29, 1.82) is 0 Å². The number of nitrogens with one attached hydrogen (secondary N) is 1. The van der Waals surface area contributed by atoms with Crippen molar-refractivity contribution in [3.05, 3.63) is 48.4 Å². The summed E-state index contributed by atoms with van der Waals surface area (Å²) in [7, 11) is -3.88. The number of alkyl halides is 3. The van der Waals surface area contributed by atoms with Gasteiger partial charge < -0.3 is 4.74 Å². The number of hydrogen-bond donors (Lipinski definition) is 1. The second-order valence-electron chi connectivity index (χ2n) is 6.28. The van der Waals surface area contributed by atoms with Crippen molar-refractivity contribution in [1.82, 2.24) is 14.7 Å². The molecule has 146 valence electrons. The zero-order valence-corrected chi connectivity index (χ0v) is 15.0. The van der Waals surface area contributed by atoms with Gasteiger partial charge >= 0.3 is 6.18 Å². The van der Waals surface area contributed by atoms with Gasteiger partial charge in [0.05, 0.1) is 16.7 Å². The Kier molecular flexibility index (Phi) is 5.66. The average molecular weight is 401 g/mol. The predicted octanol–water partition coefficient (Wildman–Crippen LogP) is 3.16. The molecule has 0 amide bonds. The summed E-state index contributed by atoms with van der Waals surface area (Å²) in [4.78, 5) is 7.77. The molecule has 1 aromatic heterocycles. The van der Waals surface area contributed by atoms with E-state index in [1.807, 2.05) is 0 Å². The highest BCUT2D eigenvalue weighted by Crippen LogP contribution is 2.30. The fourth-order valence-corrected chi connectivity index (χ4v) is 4.23. The van der Waals surface area contributed by atoms with Gasteiger partial charge in [-0.25, -0.2) is 18.1 Å². The topological polar surface area (TPSA) is 81.2 Å². The molecule has 0 spiro atoms. The number of rotatable bonds is 5. The van der Waals surface area contributed by atoms with Gasteiger partial charge in [-0.1, -0.05) is 0 Å². The molecule has 1 saturated carbocycles. The van der Waals surface area contributed by atoms with Crippen molar-refractivity contribution < 1.29 is 26.3 Å². The van der Waals surface area contributed by atoms with E-state index in [2.05, 4.69) is 14.7 Å². The van der Waals surface area contributed by atoms with Gasteiger partial charge in [0.25, 0.3) is 0 Å². The normalized spacial score (nSPS) is 21.0. The van der Waals surface area contributed by atoms with Crippen LogP contribution < -0.4 is 9.46 Å². The molecule has 1 aliphatic rings. The predicted molar refractivity (Wildman–Crippen MR) is 90.5 cm³/mol. The molecule has 0 aliphatic heterocycles. The van der Waals surface area contributed by atoms with Crippen LogP contribution in [0, 0.1) is 0 Å². The first-order valence-electron chi connectivity index (χ1n) is 8.36. The Bertz CT molecular complexity index is 850. The second-order valence-corrected chi connectivity index (χ2v) is 7.99. The average Bonchev–Trinajstić information content (AvgIpc) is 2.63. The highest BCUT2D eigenvalue weighted by atomic mass is 32.2. The molecule has 10 heteroatoms. The SMILES string of the molecule is O=S(=O)(NC1CCC(Oc2cnccn2)CC1)c1ccc(C(F)(F)F)cc1. The van der Waals surface area contributed by atoms with Crippen LogP contribution in [0.25, 0.3) is 0 Å². The quantitative estimate of drug-likeness (QED) is 0.832. The zero-order chi connectivity index (χ0) is 19.5. The Balaban J connectivity index is 1.56. The lowest BCUT2D eigenvalue weighted by atomic mass is 9.94. The van der Waals surface area contributed by atoms with Crippen LogP contribution in [0.1, 0.15) is 31.2 Å². The first kappa shape index (κ1) is 19.6. The summed E-state index contributed by atoms with van der Waals surface area (Å²) in [6.45, 7) is 0. The fourth-order valence-electron chi connectivity index (χ4n) is 2.93. The van der Waals surface area contributed by atoms with Gasteiger partial charge in [-0.2, -0.15) is 13.2 Å². The second kappa shape index (κ2) is 7.81. The third-order valence-electron chi connectivity index (χ3n) is 4.31. The molecule has 1 fully saturated rings. The van der Waals surface area contributed by atoms with Crippen molar-refractivity contribution in [2.45, 2.75) is 48.9 Å². The van der Waals surface area contributed by atoms with Crippen LogP contribution in [0.3, 0.4) is 0 Å². The van der Waals surface area contributed by atoms with E-state index in [9.17, 15) is 21.6 Å². The highest BCUT2D eigenvalue weighted by molar-refractivity contribution is 7.89. The maximum Gasteiger partial charge on any atom is 0.416 e. The summed E-state index contributed by atoms with van der Waals surface area (Å²) in [5.74, 6) is 0.422. The maximum absolute atomic E-state index is 12.6. The van der Waals surface area contributed by atoms with Gasteiger partial charge in [0.2, 0.25) is 15.9 Å². The smallest absolute Gasteiger partial charge is 0.416 e. The number of sulfonamides is 1. The van der Waals surface area contributed by atoms with E-state index in [4.69, 9.17) is 4.74 Å². The summed E-state index contributed by atoms with van der Waals surface area (Å²) in [5.41, 5.74) is -0.886. The van der Waals surface area contributed by atoms with E-state index in [1.165, 1.54) is 12.4 Å². The molecule has 27 heavy (non-hydrogen) atoms. The molecular formula is C17H18F3N3O3S. The van der Waals surface area contributed by atoms with Crippen molar-refractivity contribution in [2.75, 3.05) is 0 Å². The van der Waals surface area contributed by atoms with Crippen LogP contribution in [0.4, 0.5) is 13.2 Å². The van der Waals surface area contributed by atoms with Gasteiger partial charge in [0.15, 0.2) is 0 Å². The van der Waals surface area contributed by atoms with Crippen molar-refractivity contribution in [3.8, 4) is 5.88 Å². The van der Waals surface area contributed by atoms with Gasteiger partial charge in [-0.15, -0.1) is 0 Å². The Morgan fingerprint density at radius 1 is 1.04 bits per heavy atom. The van der Waals surface area contributed by atoms with Gasteiger partial charge in [0, 0.05) is 18.4 Å². The Labute approximate surface area is 154 Å². The molecule has 1 aromatic carbocycles. The molecule has 0 atom stereocenters. The number of halogens is 3. The van der Waals surface area contributed by atoms with Crippen molar-refractivity contribution >= 4 is 10.0 Å². The molecule has 6 nitrogen and oxygen atoms in total. The molecule has 1 heterocycles. The molecule has 0 bridgehead atoms. The summed E-state index contributed by atoms with van der Waals surface area (Å²) in [6, 6.07) is 3.17. The van der Waals surface area contributed by atoms with Crippen LogP contribution >= 0.6 is 0 Å². The maximum atomic E-state index is 12.6. The van der Waals surface area contributed by atoms with E-state index in [0.29, 0.717) is 31.6 Å². The van der Waals surface area contributed by atoms with Crippen LogP contribution in [-0.4, -0.2) is 30.5 Å². The molecule has 3 rings (SSSR count). The molecule has 2 aromatic rings. The summed E-state index contributed by atoms with van der Waals surface area (Å²) in [6.07, 6.45) is 2.40. The largest absolute Gasteiger partial charge is 0.473 e. The number of aromatic nitrogens is 2. The Hall–Kier alpha value is -2.20. The van der Waals surface area contributed by atoms with Gasteiger partial charge in [0.1, 0.15) is 6.10 Å². The lowest BCUT2D eigenvalue weighted by Crippen LogP contribution is -2.39. The highest BCUT2D eigenvalue weighted by Gasteiger charge is 2.31. The van der Waals surface area contributed by atoms with Gasteiger partial charge in [-0.05, 0) is 49.9 Å². The molecule has 1 N–H and O–H groups in total. The molecule has 0 unspecified atom stereocenters. The van der Waals surface area contributed by atoms with Crippen LogP contribution in [0.2, 0.25) is 0 Å². The lowest BCUT2D eigenvalue weighted by molar-refractivity contribution is -0.137. The van der Waals surface area contributed by atoms with Gasteiger partial charge in [-0.3, -0.25) is 4.98 Å². The Morgan fingerprint density at radius 3 is 2.26 bits per heavy atom. The van der Waals surface area contributed by atoms with Crippen molar-refractivity contribution in [2.24, 2.45) is 0 Å². The van der Waals surface area contributed by atoms with Crippen molar-refractivity contribution in [3.63, 3.8) is 0 Å². The fraction of sp³-hybridized carbons (Fsp3) is 0.412. The summed E-state index contributed by atoms with van der Waals surface area (Å²) < 4.78 is 70.8. The van der Waals surface area contributed by atoms with Crippen LogP contribution in [0.5, 0.6) is 5.88 Å². The molecular weight excluding hydrogens is 383 g/mol. The number of nitrogens with zero attached hydrogens (tertiary/aromatic N) is 2. The first-order chi connectivity index (χ1) is 12.7. The standard InChI is InChI=1S/C17H18F3N3O3S/c18-17(19,20)12-1-7-15(8-2-12)27(24,25)23-13-3-5-14(6-4-13)26-16-11-21-9-10-22-16/h1-2,7-11,13-14,23H,3-6H2. The third kappa shape index (κ3) is 5.16. The first-order valence-corrected chi connectivity index (χ1v) is 9.84. The van der Waals surface area contributed by atoms with E-state index >= 15 is 0 Å². The summed E-state index contributed by atoms with van der Waals surface area (Å²) in [5, 5.41) is 0.